The molecule has 4 aromatic heterocycles. The van der Waals surface area contributed by atoms with E-state index in [1.807, 2.05) is 41.7 Å². The molecule has 0 unspecified atom stereocenters. The number of benzene rings is 8. The standard InChI is InChI=1S/C53H31N3OS/c1-3-13-32(14-4-1)33-23-25-34(26-24-33)44-31-45(56-53(55-44)35-15-5-2-6-16-35)41-30-42-49(50-39-19-8-11-21-46(39)57-52(41)50)38-18-7-10-20-43(38)54-51(42)36-27-28-48-40(29-36)37-17-9-12-22-47(37)58-48/h1-31H. The summed E-state index contributed by atoms with van der Waals surface area (Å²) in [6.07, 6.45) is 0. The Hall–Kier alpha value is -7.47. The van der Waals surface area contributed by atoms with E-state index in [9.17, 15) is 0 Å². The number of thiophene rings is 1. The minimum Gasteiger partial charge on any atom is -0.455 e. The fourth-order valence-corrected chi connectivity index (χ4v) is 9.61. The third-order valence-corrected chi connectivity index (χ3v) is 12.4. The van der Waals surface area contributed by atoms with Gasteiger partial charge < -0.3 is 4.42 Å². The summed E-state index contributed by atoms with van der Waals surface area (Å²) in [7, 11) is 0. The molecule has 0 bridgehead atoms. The molecule has 0 N–H and O–H groups in total. The number of hydrogen-bond donors (Lipinski definition) is 0. The second-order valence-corrected chi connectivity index (χ2v) is 15.8. The quantitative estimate of drug-likeness (QED) is 0.164. The second kappa shape index (κ2) is 13.1. The molecule has 0 aliphatic rings. The van der Waals surface area contributed by atoms with E-state index in [0.29, 0.717) is 5.82 Å². The predicted octanol–water partition coefficient (Wildman–Crippen LogP) is 14.8. The lowest BCUT2D eigenvalue weighted by molar-refractivity contribution is 0.670. The lowest BCUT2D eigenvalue weighted by Gasteiger charge is -2.15. The van der Waals surface area contributed by atoms with Gasteiger partial charge in [0.25, 0.3) is 0 Å². The average molecular weight is 758 g/mol. The van der Waals surface area contributed by atoms with Gasteiger partial charge in [0.1, 0.15) is 11.2 Å². The van der Waals surface area contributed by atoms with Crippen LogP contribution in [-0.4, -0.2) is 15.0 Å². The molecular weight excluding hydrogens is 727 g/mol. The van der Waals surface area contributed by atoms with Crippen molar-refractivity contribution in [3.8, 4) is 56.3 Å². The highest BCUT2D eigenvalue weighted by molar-refractivity contribution is 7.25. The molecule has 58 heavy (non-hydrogen) atoms. The van der Waals surface area contributed by atoms with Gasteiger partial charge in [-0.25, -0.2) is 15.0 Å². The first-order valence-electron chi connectivity index (χ1n) is 19.4. The zero-order valence-electron chi connectivity index (χ0n) is 31.1. The van der Waals surface area contributed by atoms with Crippen molar-refractivity contribution in [1.29, 1.82) is 0 Å². The maximum atomic E-state index is 6.91. The van der Waals surface area contributed by atoms with Crippen LogP contribution < -0.4 is 0 Å². The topological polar surface area (TPSA) is 51.8 Å². The van der Waals surface area contributed by atoms with Crippen molar-refractivity contribution in [3.05, 3.63) is 188 Å². The summed E-state index contributed by atoms with van der Waals surface area (Å²) >= 11 is 1.83. The van der Waals surface area contributed by atoms with Crippen molar-refractivity contribution >= 4 is 75.1 Å². The molecule has 0 atom stereocenters. The zero-order valence-corrected chi connectivity index (χ0v) is 31.9. The van der Waals surface area contributed by atoms with E-state index in [2.05, 4.69) is 158 Å². The van der Waals surface area contributed by atoms with E-state index in [4.69, 9.17) is 19.4 Å². The summed E-state index contributed by atoms with van der Waals surface area (Å²) in [6.45, 7) is 0. The number of aromatic nitrogens is 3. The highest BCUT2D eigenvalue weighted by Gasteiger charge is 2.23. The second-order valence-electron chi connectivity index (χ2n) is 14.7. The molecule has 0 spiro atoms. The SMILES string of the molecule is c1ccc(-c2ccc(-c3cc(-c4cc5c(-c6ccc7sc8ccccc8c7c6)nc6ccccc6c5c5c4oc4ccccc45)nc(-c4ccccc4)n3)cc2)cc1. The summed E-state index contributed by atoms with van der Waals surface area (Å²) in [5.41, 5.74) is 11.3. The van der Waals surface area contributed by atoms with Gasteiger partial charge in [-0.1, -0.05) is 146 Å². The van der Waals surface area contributed by atoms with Crippen molar-refractivity contribution in [1.82, 2.24) is 15.0 Å². The summed E-state index contributed by atoms with van der Waals surface area (Å²) in [5.74, 6) is 0.649. The lowest BCUT2D eigenvalue weighted by atomic mass is 9.92. The van der Waals surface area contributed by atoms with Crippen molar-refractivity contribution in [2.24, 2.45) is 0 Å². The Morgan fingerprint density at radius 3 is 1.83 bits per heavy atom. The molecular formula is C53H31N3OS. The number of pyridine rings is 1. The number of hydrogen-bond acceptors (Lipinski definition) is 5. The highest BCUT2D eigenvalue weighted by Crippen LogP contribution is 2.46. The van der Waals surface area contributed by atoms with Gasteiger partial charge in [-0.05, 0) is 53.6 Å². The van der Waals surface area contributed by atoms with Crippen LogP contribution in [0.5, 0.6) is 0 Å². The number of fused-ring (bicyclic) bond motifs is 10. The Labute approximate surface area is 337 Å². The van der Waals surface area contributed by atoms with E-state index >= 15 is 0 Å². The largest absolute Gasteiger partial charge is 0.455 e. The van der Waals surface area contributed by atoms with Crippen molar-refractivity contribution in [2.75, 3.05) is 0 Å². The number of nitrogens with zero attached hydrogens (tertiary/aromatic N) is 3. The molecule has 12 rings (SSSR count). The van der Waals surface area contributed by atoms with Crippen molar-refractivity contribution < 1.29 is 4.42 Å². The summed E-state index contributed by atoms with van der Waals surface area (Å²) in [5, 5.41) is 7.85. The van der Waals surface area contributed by atoms with Gasteiger partial charge in [0.2, 0.25) is 0 Å². The molecule has 0 saturated heterocycles. The highest BCUT2D eigenvalue weighted by atomic mass is 32.1. The van der Waals surface area contributed by atoms with Gasteiger partial charge in [-0.3, -0.25) is 0 Å². The summed E-state index contributed by atoms with van der Waals surface area (Å²) < 4.78 is 9.46. The van der Waals surface area contributed by atoms with Gasteiger partial charge in [0, 0.05) is 69.4 Å². The van der Waals surface area contributed by atoms with Crippen LogP contribution in [0.15, 0.2) is 192 Å². The van der Waals surface area contributed by atoms with Crippen LogP contribution in [-0.2, 0) is 0 Å². The molecule has 5 heteroatoms. The van der Waals surface area contributed by atoms with Gasteiger partial charge >= 0.3 is 0 Å². The summed E-state index contributed by atoms with van der Waals surface area (Å²) in [4.78, 5) is 16.0. The predicted molar refractivity (Wildman–Crippen MR) is 242 cm³/mol. The molecule has 0 fully saturated rings. The zero-order chi connectivity index (χ0) is 38.2. The van der Waals surface area contributed by atoms with Crippen LogP contribution in [0.1, 0.15) is 0 Å². The van der Waals surface area contributed by atoms with E-state index in [0.717, 1.165) is 88.5 Å². The Balaban J connectivity index is 1.17. The molecule has 0 aliphatic carbocycles. The third-order valence-electron chi connectivity index (χ3n) is 11.3. The Kier molecular flexibility index (Phi) is 7.37. The smallest absolute Gasteiger partial charge is 0.160 e. The minimum atomic E-state index is 0.649. The number of para-hydroxylation sites is 2. The van der Waals surface area contributed by atoms with Crippen LogP contribution in [0, 0.1) is 0 Å². The molecule has 12 aromatic rings. The first kappa shape index (κ1) is 32.7. The van der Waals surface area contributed by atoms with Crippen molar-refractivity contribution in [3.63, 3.8) is 0 Å². The Morgan fingerprint density at radius 2 is 1.00 bits per heavy atom. The van der Waals surface area contributed by atoms with E-state index in [1.54, 1.807) is 0 Å². The Bertz CT molecular complexity index is 3550. The minimum absolute atomic E-state index is 0.649. The van der Waals surface area contributed by atoms with Gasteiger partial charge in [-0.15, -0.1) is 11.3 Å². The monoisotopic (exact) mass is 757 g/mol. The third kappa shape index (κ3) is 5.25. The normalized spacial score (nSPS) is 11.8. The van der Waals surface area contributed by atoms with Gasteiger partial charge in [0.15, 0.2) is 5.82 Å². The van der Waals surface area contributed by atoms with Crippen LogP contribution in [0.3, 0.4) is 0 Å². The molecule has 0 amide bonds. The van der Waals surface area contributed by atoms with Gasteiger partial charge in [-0.2, -0.15) is 0 Å². The molecule has 4 nitrogen and oxygen atoms in total. The fourth-order valence-electron chi connectivity index (χ4n) is 8.53. The lowest BCUT2D eigenvalue weighted by Crippen LogP contribution is -1.97. The van der Waals surface area contributed by atoms with Crippen LogP contribution in [0.2, 0.25) is 0 Å². The first-order chi connectivity index (χ1) is 28.7. The number of furan rings is 1. The molecule has 0 radical (unpaired) electrons. The average Bonchev–Trinajstić information content (AvgIpc) is 3.88. The molecule has 4 heterocycles. The number of rotatable bonds is 5. The van der Waals surface area contributed by atoms with E-state index in [-0.39, 0.29) is 0 Å². The first-order valence-corrected chi connectivity index (χ1v) is 20.2. The molecule has 8 aromatic carbocycles. The molecule has 0 aliphatic heterocycles. The fraction of sp³-hybridized carbons (Fsp3) is 0. The van der Waals surface area contributed by atoms with Gasteiger partial charge in [0.05, 0.1) is 22.6 Å². The van der Waals surface area contributed by atoms with Crippen LogP contribution in [0.4, 0.5) is 0 Å². The van der Waals surface area contributed by atoms with Crippen LogP contribution in [0.25, 0.3) is 120 Å². The Morgan fingerprint density at radius 1 is 0.379 bits per heavy atom. The maximum Gasteiger partial charge on any atom is 0.160 e. The van der Waals surface area contributed by atoms with Crippen molar-refractivity contribution in [2.45, 2.75) is 0 Å². The molecule has 270 valence electrons. The van der Waals surface area contributed by atoms with E-state index in [1.165, 1.54) is 25.7 Å². The maximum absolute atomic E-state index is 6.91. The van der Waals surface area contributed by atoms with E-state index < -0.39 is 0 Å². The molecule has 0 saturated carbocycles. The van der Waals surface area contributed by atoms with Crippen LogP contribution >= 0.6 is 11.3 Å². The summed E-state index contributed by atoms with van der Waals surface area (Å²) in [6, 6.07) is 65.9.